The molecular formula is C23H26N4O2. The summed E-state index contributed by atoms with van der Waals surface area (Å²) < 4.78 is 11.0. The largest absolute Gasteiger partial charge is 0.497 e. The molecule has 0 atom stereocenters. The van der Waals surface area contributed by atoms with Crippen molar-refractivity contribution in [3.63, 3.8) is 0 Å². The molecule has 3 rings (SSSR count). The maximum atomic E-state index is 5.77. The second-order valence-corrected chi connectivity index (χ2v) is 6.37. The third-order valence-corrected chi connectivity index (χ3v) is 4.29. The Morgan fingerprint density at radius 2 is 1.76 bits per heavy atom. The first kappa shape index (κ1) is 20.2. The molecule has 0 radical (unpaired) electrons. The van der Waals surface area contributed by atoms with Gasteiger partial charge in [0, 0.05) is 38.5 Å². The maximum absolute atomic E-state index is 5.77. The lowest BCUT2D eigenvalue weighted by molar-refractivity contribution is 0.407. The van der Waals surface area contributed by atoms with Gasteiger partial charge in [-0.25, -0.2) is 4.98 Å². The van der Waals surface area contributed by atoms with E-state index in [1.807, 2.05) is 42.5 Å². The number of hydrogen-bond acceptors (Lipinski definition) is 4. The number of aromatic nitrogens is 1. The predicted octanol–water partition coefficient (Wildman–Crippen LogP) is 3.79. The van der Waals surface area contributed by atoms with Crippen LogP contribution in [0, 0.1) is 0 Å². The molecule has 2 aromatic carbocycles. The van der Waals surface area contributed by atoms with Gasteiger partial charge in [0.05, 0.1) is 7.11 Å². The highest BCUT2D eigenvalue weighted by Crippen LogP contribution is 2.23. The van der Waals surface area contributed by atoms with E-state index in [9.17, 15) is 0 Å². The average Bonchev–Trinajstić information content (AvgIpc) is 2.78. The van der Waals surface area contributed by atoms with Crippen LogP contribution in [0.3, 0.4) is 0 Å². The van der Waals surface area contributed by atoms with Gasteiger partial charge in [0.25, 0.3) is 0 Å². The molecule has 2 N–H and O–H groups in total. The van der Waals surface area contributed by atoms with E-state index in [4.69, 9.17) is 9.47 Å². The van der Waals surface area contributed by atoms with Gasteiger partial charge in [-0.05, 0) is 29.7 Å². The molecule has 0 spiro atoms. The highest BCUT2D eigenvalue weighted by atomic mass is 16.5. The predicted molar refractivity (Wildman–Crippen MR) is 116 cm³/mol. The molecule has 3 aromatic rings. The van der Waals surface area contributed by atoms with Crippen LogP contribution in [0.15, 0.2) is 77.9 Å². The number of guanidine groups is 1. The van der Waals surface area contributed by atoms with Gasteiger partial charge in [0.15, 0.2) is 5.96 Å². The van der Waals surface area contributed by atoms with Gasteiger partial charge < -0.3 is 20.1 Å². The first-order valence-electron chi connectivity index (χ1n) is 9.52. The van der Waals surface area contributed by atoms with Crippen LogP contribution in [0.25, 0.3) is 0 Å². The van der Waals surface area contributed by atoms with Gasteiger partial charge >= 0.3 is 0 Å². The number of aliphatic imine (C=N–C) groups is 1. The number of nitrogens with zero attached hydrogens (tertiary/aromatic N) is 2. The monoisotopic (exact) mass is 390 g/mol. The van der Waals surface area contributed by atoms with E-state index in [1.165, 1.54) is 5.56 Å². The van der Waals surface area contributed by atoms with Crippen molar-refractivity contribution in [2.24, 2.45) is 4.99 Å². The summed E-state index contributed by atoms with van der Waals surface area (Å²) in [5, 5.41) is 6.62. The van der Waals surface area contributed by atoms with Crippen LogP contribution in [-0.2, 0) is 13.0 Å². The first-order valence-corrected chi connectivity index (χ1v) is 9.52. The van der Waals surface area contributed by atoms with Crippen LogP contribution < -0.4 is 20.1 Å². The molecule has 0 aliphatic heterocycles. The van der Waals surface area contributed by atoms with Gasteiger partial charge in [-0.3, -0.25) is 4.99 Å². The molecule has 29 heavy (non-hydrogen) atoms. The Morgan fingerprint density at radius 3 is 2.48 bits per heavy atom. The smallest absolute Gasteiger partial charge is 0.219 e. The summed E-state index contributed by atoms with van der Waals surface area (Å²) in [6.07, 6.45) is 2.74. The normalized spacial score (nSPS) is 11.0. The molecular weight excluding hydrogens is 364 g/mol. The van der Waals surface area contributed by atoms with Crippen molar-refractivity contribution in [1.82, 2.24) is 15.6 Å². The van der Waals surface area contributed by atoms with Crippen molar-refractivity contribution >= 4 is 5.96 Å². The topological polar surface area (TPSA) is 67.8 Å². The minimum atomic E-state index is 0.535. The Bertz CT molecular complexity index is 912. The Morgan fingerprint density at radius 1 is 0.931 bits per heavy atom. The lowest BCUT2D eigenvalue weighted by atomic mass is 10.1. The van der Waals surface area contributed by atoms with Gasteiger partial charge in [0.1, 0.15) is 11.5 Å². The van der Waals surface area contributed by atoms with Crippen molar-refractivity contribution in [2.75, 3.05) is 20.7 Å². The number of nitrogens with one attached hydrogen (secondary N) is 2. The Hall–Kier alpha value is -3.54. The fourth-order valence-electron chi connectivity index (χ4n) is 2.74. The highest BCUT2D eigenvalue weighted by molar-refractivity contribution is 5.79. The van der Waals surface area contributed by atoms with Gasteiger partial charge in [-0.1, -0.05) is 42.5 Å². The molecule has 6 nitrogen and oxygen atoms in total. The molecule has 1 aromatic heterocycles. The fourth-order valence-corrected chi connectivity index (χ4v) is 2.74. The summed E-state index contributed by atoms with van der Waals surface area (Å²) in [6.45, 7) is 1.44. The summed E-state index contributed by atoms with van der Waals surface area (Å²) in [7, 11) is 3.39. The Labute approximate surface area is 171 Å². The first-order chi connectivity index (χ1) is 14.3. The molecule has 0 fully saturated rings. The zero-order valence-electron chi connectivity index (χ0n) is 16.8. The number of ether oxygens (including phenoxy) is 2. The van der Waals surface area contributed by atoms with E-state index in [0.29, 0.717) is 18.2 Å². The molecule has 6 heteroatoms. The maximum Gasteiger partial charge on any atom is 0.219 e. The van der Waals surface area contributed by atoms with E-state index in [1.54, 1.807) is 20.4 Å². The van der Waals surface area contributed by atoms with Crippen LogP contribution in [-0.4, -0.2) is 31.6 Å². The van der Waals surface area contributed by atoms with Crippen LogP contribution >= 0.6 is 0 Å². The second kappa shape index (κ2) is 10.7. The molecule has 150 valence electrons. The van der Waals surface area contributed by atoms with Crippen LogP contribution in [0.2, 0.25) is 0 Å². The van der Waals surface area contributed by atoms with Gasteiger partial charge in [-0.15, -0.1) is 0 Å². The molecule has 0 aliphatic rings. The molecule has 0 aliphatic carbocycles. The lowest BCUT2D eigenvalue weighted by Crippen LogP contribution is -2.37. The molecule has 1 heterocycles. The Kier molecular flexibility index (Phi) is 7.46. The van der Waals surface area contributed by atoms with Crippen molar-refractivity contribution < 1.29 is 9.47 Å². The number of benzene rings is 2. The molecule has 0 amide bonds. The zero-order valence-corrected chi connectivity index (χ0v) is 16.8. The van der Waals surface area contributed by atoms with Crippen LogP contribution in [0.5, 0.6) is 17.4 Å². The average molecular weight is 390 g/mol. The van der Waals surface area contributed by atoms with E-state index in [2.05, 4.69) is 44.9 Å². The molecule has 0 unspecified atom stereocenters. The quantitative estimate of drug-likeness (QED) is 0.452. The summed E-state index contributed by atoms with van der Waals surface area (Å²) >= 11 is 0. The van der Waals surface area contributed by atoms with Crippen LogP contribution in [0.4, 0.5) is 0 Å². The third-order valence-electron chi connectivity index (χ3n) is 4.29. The lowest BCUT2D eigenvalue weighted by Gasteiger charge is -2.12. The number of hydrogen-bond donors (Lipinski definition) is 2. The highest BCUT2D eigenvalue weighted by Gasteiger charge is 2.03. The van der Waals surface area contributed by atoms with E-state index in [0.717, 1.165) is 30.2 Å². The van der Waals surface area contributed by atoms with E-state index < -0.39 is 0 Å². The van der Waals surface area contributed by atoms with Crippen LogP contribution in [0.1, 0.15) is 11.1 Å². The molecule has 0 saturated heterocycles. The number of rotatable bonds is 8. The van der Waals surface area contributed by atoms with Crippen molar-refractivity contribution in [3.8, 4) is 17.4 Å². The Balaban J connectivity index is 1.46. The zero-order chi connectivity index (χ0) is 20.3. The second-order valence-electron chi connectivity index (χ2n) is 6.37. The minimum Gasteiger partial charge on any atom is -0.497 e. The summed E-state index contributed by atoms with van der Waals surface area (Å²) in [5.74, 6) is 2.73. The van der Waals surface area contributed by atoms with Crippen molar-refractivity contribution in [1.29, 1.82) is 0 Å². The summed E-state index contributed by atoms with van der Waals surface area (Å²) in [5.41, 5.74) is 2.33. The van der Waals surface area contributed by atoms with Gasteiger partial charge in [0.2, 0.25) is 5.88 Å². The molecule has 0 bridgehead atoms. The third kappa shape index (κ3) is 6.53. The van der Waals surface area contributed by atoms with E-state index >= 15 is 0 Å². The van der Waals surface area contributed by atoms with Gasteiger partial charge in [-0.2, -0.15) is 0 Å². The van der Waals surface area contributed by atoms with E-state index in [-0.39, 0.29) is 0 Å². The fraction of sp³-hybridized carbons (Fsp3) is 0.217. The molecule has 0 saturated carbocycles. The standard InChI is InChI=1S/C23H26N4O2/c1-24-23(25-14-13-18-7-4-3-5-8-18)27-17-19-11-12-22(26-16-19)29-21-10-6-9-20(15-21)28-2/h3-12,15-16H,13-14,17H2,1-2H3,(H2,24,25,27). The SMILES string of the molecule is CN=C(NCCc1ccccc1)NCc1ccc(Oc2cccc(OC)c2)nc1. The summed E-state index contributed by atoms with van der Waals surface area (Å²) in [4.78, 5) is 8.63. The van der Waals surface area contributed by atoms with Crippen molar-refractivity contribution in [2.45, 2.75) is 13.0 Å². The number of pyridine rings is 1. The minimum absolute atomic E-state index is 0.535. The van der Waals surface area contributed by atoms with Crippen molar-refractivity contribution in [3.05, 3.63) is 84.1 Å². The number of methoxy groups -OCH3 is 1. The summed E-state index contributed by atoms with van der Waals surface area (Å²) in [6, 6.07) is 21.6.